The van der Waals surface area contributed by atoms with Crippen molar-refractivity contribution in [2.45, 2.75) is 19.4 Å². The fourth-order valence-corrected chi connectivity index (χ4v) is 2.29. The van der Waals surface area contributed by atoms with Gasteiger partial charge >= 0.3 is 6.03 Å². The van der Waals surface area contributed by atoms with E-state index in [1.54, 1.807) is 6.92 Å². The van der Waals surface area contributed by atoms with E-state index in [0.717, 1.165) is 4.90 Å². The lowest BCUT2D eigenvalue weighted by molar-refractivity contribution is -0.384. The molecule has 1 fully saturated rings. The van der Waals surface area contributed by atoms with Gasteiger partial charge in [-0.15, -0.1) is 0 Å². The first-order chi connectivity index (χ1) is 10.3. The summed E-state index contributed by atoms with van der Waals surface area (Å²) >= 11 is 0. The quantitative estimate of drug-likeness (QED) is 0.514. The van der Waals surface area contributed by atoms with Crippen LogP contribution in [0.4, 0.5) is 10.5 Å². The predicted molar refractivity (Wildman–Crippen MR) is 75.5 cm³/mol. The maximum absolute atomic E-state index is 12.5. The van der Waals surface area contributed by atoms with Crippen LogP contribution in [0.25, 0.3) is 0 Å². The normalized spacial score (nSPS) is 22.1. The number of nitriles is 1. The molecule has 22 heavy (non-hydrogen) atoms. The first-order valence-corrected chi connectivity index (χ1v) is 6.58. The van der Waals surface area contributed by atoms with E-state index in [2.05, 4.69) is 5.32 Å². The van der Waals surface area contributed by atoms with E-state index in [1.807, 2.05) is 6.07 Å². The van der Waals surface area contributed by atoms with Crippen LogP contribution in [0.5, 0.6) is 0 Å². The van der Waals surface area contributed by atoms with E-state index in [0.29, 0.717) is 5.56 Å². The first-order valence-electron chi connectivity index (χ1n) is 6.58. The average molecular weight is 302 g/mol. The molecule has 1 aliphatic rings. The highest BCUT2D eigenvalue weighted by atomic mass is 16.6. The van der Waals surface area contributed by atoms with Gasteiger partial charge in [0.1, 0.15) is 5.54 Å². The maximum Gasteiger partial charge on any atom is 0.325 e. The highest BCUT2D eigenvalue weighted by Gasteiger charge is 2.49. The summed E-state index contributed by atoms with van der Waals surface area (Å²) in [7, 11) is 0. The topological polar surface area (TPSA) is 116 Å². The summed E-state index contributed by atoms with van der Waals surface area (Å²) in [5.74, 6) is -0.956. The average Bonchev–Trinajstić information content (AvgIpc) is 2.71. The van der Waals surface area contributed by atoms with E-state index in [1.165, 1.54) is 31.2 Å². The van der Waals surface area contributed by atoms with Gasteiger partial charge in [-0.2, -0.15) is 5.26 Å². The number of hydrogen-bond donors (Lipinski definition) is 1. The van der Waals surface area contributed by atoms with Crippen LogP contribution in [0.2, 0.25) is 0 Å². The maximum atomic E-state index is 12.5. The highest BCUT2D eigenvalue weighted by Crippen LogP contribution is 2.30. The van der Waals surface area contributed by atoms with Gasteiger partial charge in [-0.1, -0.05) is 0 Å². The molecule has 1 N–H and O–H groups in total. The monoisotopic (exact) mass is 302 g/mol. The molecular formula is C14H14N4O4. The second-order valence-electron chi connectivity index (χ2n) is 5.31. The zero-order valence-electron chi connectivity index (χ0n) is 12.1. The Morgan fingerprint density at radius 3 is 2.50 bits per heavy atom. The molecule has 8 heteroatoms. The smallest absolute Gasteiger partial charge is 0.319 e. The number of nitro benzene ring substituents is 1. The predicted octanol–water partition coefficient (Wildman–Crippen LogP) is 1.52. The number of carbonyl (C=O) groups is 2. The molecule has 0 aromatic heterocycles. The van der Waals surface area contributed by atoms with Gasteiger partial charge in [-0.3, -0.25) is 19.8 Å². The molecular weight excluding hydrogens is 288 g/mol. The van der Waals surface area contributed by atoms with E-state index in [4.69, 9.17) is 5.26 Å². The van der Waals surface area contributed by atoms with Crippen LogP contribution in [0.15, 0.2) is 24.3 Å². The van der Waals surface area contributed by atoms with Crippen molar-refractivity contribution in [3.63, 3.8) is 0 Å². The van der Waals surface area contributed by atoms with Crippen LogP contribution < -0.4 is 5.32 Å². The Balaban J connectivity index is 2.31. The number of nitro groups is 1. The molecule has 2 rings (SSSR count). The molecule has 114 valence electrons. The molecule has 0 radical (unpaired) electrons. The summed E-state index contributed by atoms with van der Waals surface area (Å²) in [6.07, 6.45) is 0. The van der Waals surface area contributed by atoms with Crippen molar-refractivity contribution in [1.82, 2.24) is 10.2 Å². The number of hydrogen-bond acceptors (Lipinski definition) is 5. The number of nitrogens with one attached hydrogen (secondary N) is 1. The standard InChI is InChI=1S/C14H14N4O4/c1-9(7-15)8-17-12(19)14(2,16-13(17)20)10-3-5-11(6-4-10)18(21)22/h3-6,9H,8H2,1-2H3,(H,16,20)/t9-,14-/m1/s1. The number of urea groups is 1. The molecule has 3 amide bonds. The van der Waals surface area contributed by atoms with Gasteiger partial charge in [-0.25, -0.2) is 4.79 Å². The van der Waals surface area contributed by atoms with Crippen LogP contribution in [0, 0.1) is 27.4 Å². The highest BCUT2D eigenvalue weighted by molar-refractivity contribution is 6.07. The van der Waals surface area contributed by atoms with E-state index in [-0.39, 0.29) is 12.2 Å². The number of amides is 3. The first kappa shape index (κ1) is 15.4. The van der Waals surface area contributed by atoms with Crippen LogP contribution in [0.3, 0.4) is 0 Å². The Morgan fingerprint density at radius 2 is 2.00 bits per heavy atom. The van der Waals surface area contributed by atoms with Crippen molar-refractivity contribution in [2.24, 2.45) is 5.92 Å². The van der Waals surface area contributed by atoms with Gasteiger partial charge in [0, 0.05) is 18.7 Å². The fourth-order valence-electron chi connectivity index (χ4n) is 2.29. The molecule has 1 aromatic rings. The largest absolute Gasteiger partial charge is 0.325 e. The number of rotatable bonds is 4. The second-order valence-corrected chi connectivity index (χ2v) is 5.31. The molecule has 0 unspecified atom stereocenters. The van der Waals surface area contributed by atoms with Crippen molar-refractivity contribution in [3.05, 3.63) is 39.9 Å². The Bertz CT molecular complexity index is 679. The van der Waals surface area contributed by atoms with Crippen LogP contribution in [0.1, 0.15) is 19.4 Å². The van der Waals surface area contributed by atoms with Crippen molar-refractivity contribution < 1.29 is 14.5 Å². The minimum Gasteiger partial charge on any atom is -0.319 e. The molecule has 1 aromatic carbocycles. The molecule has 1 saturated heterocycles. The van der Waals surface area contributed by atoms with E-state index < -0.39 is 28.3 Å². The van der Waals surface area contributed by atoms with Crippen LogP contribution >= 0.6 is 0 Å². The summed E-state index contributed by atoms with van der Waals surface area (Å²) in [6, 6.07) is 6.83. The molecule has 0 saturated carbocycles. The Hall–Kier alpha value is -2.95. The summed E-state index contributed by atoms with van der Waals surface area (Å²) in [6.45, 7) is 3.15. The Morgan fingerprint density at radius 1 is 1.41 bits per heavy atom. The van der Waals surface area contributed by atoms with Crippen molar-refractivity contribution in [1.29, 1.82) is 5.26 Å². The fraction of sp³-hybridized carbons (Fsp3) is 0.357. The van der Waals surface area contributed by atoms with Crippen LogP contribution in [-0.2, 0) is 10.3 Å². The molecule has 0 spiro atoms. The second kappa shape index (κ2) is 5.44. The number of benzene rings is 1. The number of carbonyl (C=O) groups excluding carboxylic acids is 2. The van der Waals surface area contributed by atoms with Gasteiger partial charge in [-0.05, 0) is 31.5 Å². The molecule has 1 heterocycles. The van der Waals surface area contributed by atoms with Gasteiger partial charge in [0.05, 0.1) is 16.9 Å². The van der Waals surface area contributed by atoms with Gasteiger partial charge in [0.15, 0.2) is 0 Å². The van der Waals surface area contributed by atoms with E-state index in [9.17, 15) is 19.7 Å². The number of nitrogens with zero attached hydrogens (tertiary/aromatic N) is 3. The van der Waals surface area contributed by atoms with Crippen molar-refractivity contribution >= 4 is 17.6 Å². The third-order valence-electron chi connectivity index (χ3n) is 3.61. The van der Waals surface area contributed by atoms with Crippen LogP contribution in [-0.4, -0.2) is 28.3 Å². The molecule has 8 nitrogen and oxygen atoms in total. The lowest BCUT2D eigenvalue weighted by Gasteiger charge is -2.22. The molecule has 2 atom stereocenters. The molecule has 1 aliphatic heterocycles. The van der Waals surface area contributed by atoms with E-state index >= 15 is 0 Å². The van der Waals surface area contributed by atoms with Gasteiger partial charge < -0.3 is 5.32 Å². The summed E-state index contributed by atoms with van der Waals surface area (Å²) < 4.78 is 0. The number of non-ortho nitro benzene ring substituents is 1. The van der Waals surface area contributed by atoms with Gasteiger partial charge in [0.25, 0.3) is 11.6 Å². The number of imide groups is 1. The SMILES string of the molecule is C[C@H](C#N)CN1C(=O)N[C@](C)(c2ccc([N+](=O)[O-])cc2)C1=O. The minimum atomic E-state index is -1.29. The summed E-state index contributed by atoms with van der Waals surface area (Å²) in [5, 5.41) is 22.1. The lowest BCUT2D eigenvalue weighted by atomic mass is 9.92. The summed E-state index contributed by atoms with van der Waals surface area (Å²) in [5.41, 5.74) is -0.941. The third-order valence-corrected chi connectivity index (χ3v) is 3.61. The third kappa shape index (κ3) is 2.48. The Labute approximate surface area is 126 Å². The molecule has 0 aliphatic carbocycles. The molecule has 0 bridgehead atoms. The minimum absolute atomic E-state index is 0.00371. The van der Waals surface area contributed by atoms with Crippen molar-refractivity contribution in [2.75, 3.05) is 6.54 Å². The van der Waals surface area contributed by atoms with Crippen molar-refractivity contribution in [3.8, 4) is 6.07 Å². The van der Waals surface area contributed by atoms with Gasteiger partial charge in [0.2, 0.25) is 0 Å². The summed E-state index contributed by atoms with van der Waals surface area (Å²) in [4.78, 5) is 35.6. The Kier molecular flexibility index (Phi) is 3.82. The zero-order chi connectivity index (χ0) is 16.5. The zero-order valence-corrected chi connectivity index (χ0v) is 12.1. The lowest BCUT2D eigenvalue weighted by Crippen LogP contribution is -2.41.